The molecule has 33 heavy (non-hydrogen) atoms. The molecule has 2 aromatic carbocycles. The summed E-state index contributed by atoms with van der Waals surface area (Å²) in [5.41, 5.74) is 1.12. The molecule has 4 aromatic rings. The summed E-state index contributed by atoms with van der Waals surface area (Å²) < 4.78 is 43.6. The smallest absolute Gasteiger partial charge is 0.310 e. The van der Waals surface area contributed by atoms with Crippen LogP contribution in [0, 0.1) is 6.92 Å². The molecule has 0 atom stereocenters. The topological polar surface area (TPSA) is 73.0 Å². The van der Waals surface area contributed by atoms with Crippen molar-refractivity contribution in [3.8, 4) is 5.69 Å². The van der Waals surface area contributed by atoms with Crippen molar-refractivity contribution in [2.24, 2.45) is 0 Å². The molecule has 1 amide bonds. The van der Waals surface area contributed by atoms with E-state index in [0.29, 0.717) is 28.9 Å². The van der Waals surface area contributed by atoms with Crippen molar-refractivity contribution in [3.05, 3.63) is 82.0 Å². The van der Waals surface area contributed by atoms with Gasteiger partial charge in [-0.15, -0.1) is 0 Å². The Hall–Kier alpha value is -3.95. The molecular weight excluding hydrogens is 435 g/mol. The lowest BCUT2D eigenvalue weighted by atomic mass is 10.2. The van der Waals surface area contributed by atoms with Crippen LogP contribution in [-0.4, -0.2) is 31.8 Å². The van der Waals surface area contributed by atoms with Gasteiger partial charge in [-0.05, 0) is 37.1 Å². The Kier molecular flexibility index (Phi) is 4.80. The van der Waals surface area contributed by atoms with E-state index in [-0.39, 0.29) is 16.7 Å². The molecule has 3 heterocycles. The summed E-state index contributed by atoms with van der Waals surface area (Å²) in [7, 11) is 0. The number of para-hydroxylation sites is 2. The third-order valence-corrected chi connectivity index (χ3v) is 5.70. The van der Waals surface area contributed by atoms with Crippen LogP contribution >= 0.6 is 0 Å². The van der Waals surface area contributed by atoms with E-state index in [9.17, 15) is 22.8 Å². The van der Waals surface area contributed by atoms with E-state index in [0.717, 1.165) is 5.56 Å². The number of fused-ring (bicyclic) bond motifs is 2. The second kappa shape index (κ2) is 7.58. The number of carbonyl (C=O) groups excluding carboxylic acids is 1. The number of carbonyl (C=O) groups is 1. The first-order valence-corrected chi connectivity index (χ1v) is 10.3. The van der Waals surface area contributed by atoms with Crippen LogP contribution < -0.4 is 10.5 Å². The minimum absolute atomic E-state index is 0.0542. The zero-order chi connectivity index (χ0) is 23.3. The first-order valence-electron chi connectivity index (χ1n) is 10.3. The number of hydrogen-bond acceptors (Lipinski definition) is 4. The summed E-state index contributed by atoms with van der Waals surface area (Å²) >= 11 is 0. The number of hydrogen-bond donors (Lipinski definition) is 0. The number of aromatic nitrogens is 4. The van der Waals surface area contributed by atoms with Crippen molar-refractivity contribution in [1.82, 2.24) is 19.3 Å². The maximum absolute atomic E-state index is 14.0. The average Bonchev–Trinajstić information content (AvgIpc) is 3.36. The van der Waals surface area contributed by atoms with E-state index in [4.69, 9.17) is 0 Å². The van der Waals surface area contributed by atoms with Gasteiger partial charge in [0.05, 0.1) is 11.4 Å². The van der Waals surface area contributed by atoms with Gasteiger partial charge in [0, 0.05) is 12.2 Å². The fraction of sp³-hybridized carbons (Fsp3) is 0.217. The first-order chi connectivity index (χ1) is 15.8. The molecular formula is C23H18F3N5O2. The molecule has 0 radical (unpaired) electrons. The van der Waals surface area contributed by atoms with Crippen LogP contribution in [0.1, 0.15) is 17.1 Å². The van der Waals surface area contributed by atoms with Gasteiger partial charge >= 0.3 is 6.18 Å². The highest BCUT2D eigenvalue weighted by Gasteiger charge is 2.39. The fourth-order valence-corrected chi connectivity index (χ4v) is 4.19. The molecule has 0 bridgehead atoms. The number of anilines is 1. The zero-order valence-corrected chi connectivity index (χ0v) is 17.5. The summed E-state index contributed by atoms with van der Waals surface area (Å²) in [4.78, 5) is 31.5. The standard InChI is InChI=1S/C23H18F3N5O2/c1-14-19-20(31(28-14)16-8-3-2-4-9-16)27-22(23(24,25)26)30(21(19)33)13-18(32)29-12-11-15-7-5-6-10-17(15)29/h2-10H,11-13H2,1H3. The van der Waals surface area contributed by atoms with Crippen LogP contribution in [0.4, 0.5) is 18.9 Å². The van der Waals surface area contributed by atoms with Crippen molar-refractivity contribution in [3.63, 3.8) is 0 Å². The van der Waals surface area contributed by atoms with E-state index in [1.165, 1.54) is 16.5 Å². The Morgan fingerprint density at radius 2 is 1.76 bits per heavy atom. The van der Waals surface area contributed by atoms with Crippen LogP contribution in [0.2, 0.25) is 0 Å². The van der Waals surface area contributed by atoms with Crippen molar-refractivity contribution >= 4 is 22.6 Å². The van der Waals surface area contributed by atoms with Gasteiger partial charge in [0.2, 0.25) is 11.7 Å². The molecule has 0 saturated heterocycles. The van der Waals surface area contributed by atoms with Crippen molar-refractivity contribution in [2.75, 3.05) is 11.4 Å². The van der Waals surface area contributed by atoms with E-state index >= 15 is 0 Å². The van der Waals surface area contributed by atoms with Crippen LogP contribution in [0.15, 0.2) is 59.4 Å². The van der Waals surface area contributed by atoms with Gasteiger partial charge in [-0.1, -0.05) is 36.4 Å². The molecule has 0 aliphatic carbocycles. The van der Waals surface area contributed by atoms with Gasteiger partial charge in [-0.25, -0.2) is 9.67 Å². The molecule has 5 rings (SSSR count). The molecule has 0 spiro atoms. The summed E-state index contributed by atoms with van der Waals surface area (Å²) in [6.45, 7) is 1.09. The van der Waals surface area contributed by atoms with Crippen molar-refractivity contribution in [2.45, 2.75) is 26.1 Å². The number of halogens is 3. The monoisotopic (exact) mass is 453 g/mol. The number of rotatable bonds is 3. The maximum atomic E-state index is 14.0. The Labute approximate surface area is 185 Å². The van der Waals surface area contributed by atoms with E-state index < -0.39 is 30.0 Å². The Morgan fingerprint density at radius 1 is 1.06 bits per heavy atom. The largest absolute Gasteiger partial charge is 0.449 e. The zero-order valence-electron chi connectivity index (χ0n) is 17.5. The second-order valence-corrected chi connectivity index (χ2v) is 7.78. The number of nitrogens with zero attached hydrogens (tertiary/aromatic N) is 5. The highest BCUT2D eigenvalue weighted by Crippen LogP contribution is 2.31. The van der Waals surface area contributed by atoms with E-state index in [2.05, 4.69) is 10.1 Å². The predicted octanol–water partition coefficient (Wildman–Crippen LogP) is 3.50. The first kappa shape index (κ1) is 20.9. The second-order valence-electron chi connectivity index (χ2n) is 7.78. The van der Waals surface area contributed by atoms with Crippen molar-refractivity contribution < 1.29 is 18.0 Å². The summed E-state index contributed by atoms with van der Waals surface area (Å²) in [5, 5.41) is 4.20. The van der Waals surface area contributed by atoms with Gasteiger partial charge < -0.3 is 4.90 Å². The highest BCUT2D eigenvalue weighted by atomic mass is 19.4. The lowest BCUT2D eigenvalue weighted by molar-refractivity contribution is -0.148. The third-order valence-electron chi connectivity index (χ3n) is 5.70. The molecule has 7 nitrogen and oxygen atoms in total. The third kappa shape index (κ3) is 3.47. The molecule has 168 valence electrons. The number of benzene rings is 2. The lowest BCUT2D eigenvalue weighted by Crippen LogP contribution is -2.38. The molecule has 1 aliphatic rings. The summed E-state index contributed by atoms with van der Waals surface area (Å²) in [6, 6.07) is 15.7. The quantitative estimate of drug-likeness (QED) is 0.476. The minimum atomic E-state index is -4.95. The molecule has 10 heteroatoms. The predicted molar refractivity (Wildman–Crippen MR) is 115 cm³/mol. The molecule has 0 saturated carbocycles. The number of aryl methyl sites for hydroxylation is 1. The van der Waals surface area contributed by atoms with Gasteiger partial charge in [0.25, 0.3) is 5.56 Å². The molecule has 0 unspecified atom stereocenters. The highest BCUT2D eigenvalue weighted by molar-refractivity contribution is 5.95. The van der Waals surface area contributed by atoms with Gasteiger partial charge in [-0.2, -0.15) is 18.3 Å². The fourth-order valence-electron chi connectivity index (χ4n) is 4.19. The van der Waals surface area contributed by atoms with Gasteiger partial charge in [0.1, 0.15) is 11.9 Å². The Bertz CT molecular complexity index is 1440. The van der Waals surface area contributed by atoms with Crippen LogP contribution in [0.25, 0.3) is 16.7 Å². The van der Waals surface area contributed by atoms with Crippen molar-refractivity contribution in [1.29, 1.82) is 0 Å². The molecule has 1 aliphatic heterocycles. The van der Waals surface area contributed by atoms with E-state index in [1.54, 1.807) is 42.5 Å². The number of alkyl halides is 3. The normalized spacial score (nSPS) is 13.5. The maximum Gasteiger partial charge on any atom is 0.449 e. The van der Waals surface area contributed by atoms with E-state index in [1.807, 2.05) is 12.1 Å². The van der Waals surface area contributed by atoms with Crippen LogP contribution in [-0.2, 0) is 23.9 Å². The SMILES string of the molecule is Cc1nn(-c2ccccc2)c2nc(C(F)(F)F)n(CC(=O)N3CCc4ccccc43)c(=O)c12. The minimum Gasteiger partial charge on any atom is -0.310 e. The summed E-state index contributed by atoms with van der Waals surface area (Å²) in [6.07, 6.45) is -4.35. The summed E-state index contributed by atoms with van der Waals surface area (Å²) in [5.74, 6) is -2.04. The van der Waals surface area contributed by atoms with Crippen LogP contribution in [0.3, 0.4) is 0 Å². The Balaban J connectivity index is 1.65. The van der Waals surface area contributed by atoms with Gasteiger partial charge in [-0.3, -0.25) is 14.2 Å². The molecule has 0 N–H and O–H groups in total. The molecule has 2 aromatic heterocycles. The Morgan fingerprint density at radius 3 is 2.48 bits per heavy atom. The lowest BCUT2D eigenvalue weighted by Gasteiger charge is -2.20. The van der Waals surface area contributed by atoms with Crippen LogP contribution in [0.5, 0.6) is 0 Å². The average molecular weight is 453 g/mol. The van der Waals surface area contributed by atoms with Gasteiger partial charge in [0.15, 0.2) is 5.65 Å². The number of amides is 1. The molecule has 0 fully saturated rings.